The molecule has 1 aliphatic rings. The van der Waals surface area contributed by atoms with E-state index in [1.807, 2.05) is 20.8 Å². The van der Waals surface area contributed by atoms with Crippen LogP contribution in [0, 0.1) is 5.41 Å². The monoisotopic (exact) mass is 285 g/mol. The van der Waals surface area contributed by atoms with Crippen LogP contribution in [0.3, 0.4) is 0 Å². The number of carbonyl (C=O) groups excluding carboxylic acids is 1. The summed E-state index contributed by atoms with van der Waals surface area (Å²) in [6.45, 7) is 12.7. The Morgan fingerprint density at radius 2 is 1.95 bits per heavy atom. The SMILES string of the molecule is CCN1CCN(C(=O)NC(C(=O)O)C(C)(C)C)CC1C. The quantitative estimate of drug-likeness (QED) is 0.818. The number of likely N-dealkylation sites (N-methyl/N-ethyl adjacent to an activating group) is 1. The average Bonchev–Trinajstić information content (AvgIpc) is 2.33. The summed E-state index contributed by atoms with van der Waals surface area (Å²) in [6.07, 6.45) is 0. The predicted molar refractivity (Wildman–Crippen MR) is 77.7 cm³/mol. The standard InChI is InChI=1S/C14H27N3O3/c1-6-16-7-8-17(9-10(16)2)13(20)15-11(12(18)19)14(3,4)5/h10-11H,6-9H2,1-5H3,(H,15,20)(H,18,19). The van der Waals surface area contributed by atoms with Crippen LogP contribution in [0.1, 0.15) is 34.6 Å². The molecule has 0 bridgehead atoms. The minimum atomic E-state index is -0.994. The Bertz CT molecular complexity index is 365. The summed E-state index contributed by atoms with van der Waals surface area (Å²) in [6, 6.07) is -0.859. The third-order valence-corrected chi connectivity index (χ3v) is 3.84. The molecule has 1 heterocycles. The highest BCUT2D eigenvalue weighted by Gasteiger charge is 2.35. The van der Waals surface area contributed by atoms with E-state index in [-0.39, 0.29) is 6.03 Å². The summed E-state index contributed by atoms with van der Waals surface area (Å²) >= 11 is 0. The zero-order valence-electron chi connectivity index (χ0n) is 13.1. The lowest BCUT2D eigenvalue weighted by atomic mass is 9.87. The number of hydrogen-bond acceptors (Lipinski definition) is 3. The van der Waals surface area contributed by atoms with Crippen molar-refractivity contribution in [1.82, 2.24) is 15.1 Å². The molecule has 2 amide bonds. The second kappa shape index (κ2) is 6.43. The van der Waals surface area contributed by atoms with Gasteiger partial charge in [-0.15, -0.1) is 0 Å². The number of piperazine rings is 1. The van der Waals surface area contributed by atoms with Gasteiger partial charge >= 0.3 is 12.0 Å². The number of hydrogen-bond donors (Lipinski definition) is 2. The van der Waals surface area contributed by atoms with E-state index in [9.17, 15) is 14.7 Å². The fourth-order valence-electron chi connectivity index (χ4n) is 2.51. The minimum absolute atomic E-state index is 0.282. The van der Waals surface area contributed by atoms with Gasteiger partial charge in [0, 0.05) is 25.7 Å². The molecule has 1 aliphatic heterocycles. The van der Waals surface area contributed by atoms with Crippen molar-refractivity contribution in [3.63, 3.8) is 0 Å². The number of aliphatic carboxylic acids is 1. The molecule has 2 N–H and O–H groups in total. The number of rotatable bonds is 3. The fraction of sp³-hybridized carbons (Fsp3) is 0.857. The Hall–Kier alpha value is -1.30. The Kier molecular flexibility index (Phi) is 5.39. The zero-order valence-corrected chi connectivity index (χ0v) is 13.1. The number of urea groups is 1. The van der Waals surface area contributed by atoms with Gasteiger partial charge in [0.25, 0.3) is 0 Å². The molecule has 0 radical (unpaired) electrons. The molecule has 0 aromatic rings. The Morgan fingerprint density at radius 1 is 1.35 bits per heavy atom. The van der Waals surface area contributed by atoms with E-state index >= 15 is 0 Å². The van der Waals surface area contributed by atoms with Crippen molar-refractivity contribution in [1.29, 1.82) is 0 Å². The number of nitrogens with one attached hydrogen (secondary N) is 1. The Labute approximate surface area is 121 Å². The molecule has 20 heavy (non-hydrogen) atoms. The van der Waals surface area contributed by atoms with Crippen molar-refractivity contribution in [2.24, 2.45) is 5.41 Å². The third kappa shape index (κ3) is 4.10. The van der Waals surface area contributed by atoms with Crippen LogP contribution in [0.5, 0.6) is 0 Å². The van der Waals surface area contributed by atoms with E-state index in [0.29, 0.717) is 19.1 Å². The molecule has 0 aromatic heterocycles. The molecule has 116 valence electrons. The molecule has 2 unspecified atom stereocenters. The minimum Gasteiger partial charge on any atom is -0.480 e. The van der Waals surface area contributed by atoms with Gasteiger partial charge in [0.2, 0.25) is 0 Å². The molecule has 1 saturated heterocycles. The molecular weight excluding hydrogens is 258 g/mol. The lowest BCUT2D eigenvalue weighted by Gasteiger charge is -2.40. The molecular formula is C14H27N3O3. The summed E-state index contributed by atoms with van der Waals surface area (Å²) in [5, 5.41) is 11.9. The van der Waals surface area contributed by atoms with Gasteiger partial charge in [0.05, 0.1) is 0 Å². The van der Waals surface area contributed by atoms with E-state index in [1.54, 1.807) is 4.90 Å². The Morgan fingerprint density at radius 3 is 2.35 bits per heavy atom. The number of nitrogens with zero attached hydrogens (tertiary/aromatic N) is 2. The smallest absolute Gasteiger partial charge is 0.326 e. The number of amides is 2. The van der Waals surface area contributed by atoms with Crippen LogP contribution < -0.4 is 5.32 Å². The first-order chi connectivity index (χ1) is 9.16. The van der Waals surface area contributed by atoms with Gasteiger partial charge in [-0.3, -0.25) is 4.90 Å². The first kappa shape index (κ1) is 16.8. The lowest BCUT2D eigenvalue weighted by molar-refractivity contribution is -0.142. The summed E-state index contributed by atoms with van der Waals surface area (Å²) < 4.78 is 0. The summed E-state index contributed by atoms with van der Waals surface area (Å²) in [4.78, 5) is 27.5. The van der Waals surface area contributed by atoms with E-state index in [2.05, 4.69) is 24.1 Å². The van der Waals surface area contributed by atoms with Crippen molar-refractivity contribution in [2.45, 2.75) is 46.7 Å². The van der Waals surface area contributed by atoms with Gasteiger partial charge in [-0.2, -0.15) is 0 Å². The molecule has 1 fully saturated rings. The maximum Gasteiger partial charge on any atom is 0.326 e. The number of carboxylic acids is 1. The van der Waals surface area contributed by atoms with Gasteiger partial charge < -0.3 is 15.3 Å². The second-order valence-corrected chi connectivity index (χ2v) is 6.51. The summed E-state index contributed by atoms with van der Waals surface area (Å²) in [5.41, 5.74) is -0.516. The van der Waals surface area contributed by atoms with Gasteiger partial charge in [-0.05, 0) is 18.9 Å². The van der Waals surface area contributed by atoms with Gasteiger partial charge in [-0.25, -0.2) is 9.59 Å². The maximum absolute atomic E-state index is 12.2. The van der Waals surface area contributed by atoms with E-state index in [1.165, 1.54) is 0 Å². The topological polar surface area (TPSA) is 72.9 Å². The average molecular weight is 285 g/mol. The van der Waals surface area contributed by atoms with Crippen LogP contribution in [-0.4, -0.2) is 65.2 Å². The summed E-state index contributed by atoms with van der Waals surface area (Å²) in [5.74, 6) is -0.994. The highest BCUT2D eigenvalue weighted by atomic mass is 16.4. The molecule has 1 rings (SSSR count). The normalized spacial score (nSPS) is 22.4. The van der Waals surface area contributed by atoms with Crippen LogP contribution >= 0.6 is 0 Å². The second-order valence-electron chi connectivity index (χ2n) is 6.51. The maximum atomic E-state index is 12.2. The van der Waals surface area contributed by atoms with Gasteiger partial charge in [0.15, 0.2) is 0 Å². The van der Waals surface area contributed by atoms with Crippen LogP contribution in [0.4, 0.5) is 4.79 Å². The fourth-order valence-corrected chi connectivity index (χ4v) is 2.51. The molecule has 0 spiro atoms. The molecule has 6 heteroatoms. The van der Waals surface area contributed by atoms with Crippen molar-refractivity contribution in [3.8, 4) is 0 Å². The largest absolute Gasteiger partial charge is 0.480 e. The van der Waals surface area contributed by atoms with E-state index < -0.39 is 17.4 Å². The molecule has 0 aromatic carbocycles. The van der Waals surface area contributed by atoms with Crippen LogP contribution in [-0.2, 0) is 4.79 Å². The predicted octanol–water partition coefficient (Wildman–Crippen LogP) is 1.22. The lowest BCUT2D eigenvalue weighted by Crippen LogP contribution is -2.59. The van der Waals surface area contributed by atoms with Gasteiger partial charge in [-0.1, -0.05) is 27.7 Å². The van der Waals surface area contributed by atoms with Crippen molar-refractivity contribution < 1.29 is 14.7 Å². The molecule has 2 atom stereocenters. The Balaban J connectivity index is 2.65. The highest BCUT2D eigenvalue weighted by molar-refractivity contribution is 5.83. The van der Waals surface area contributed by atoms with Crippen LogP contribution in [0.15, 0.2) is 0 Å². The first-order valence-electron chi connectivity index (χ1n) is 7.19. The van der Waals surface area contributed by atoms with E-state index in [4.69, 9.17) is 0 Å². The van der Waals surface area contributed by atoms with Crippen molar-refractivity contribution in [2.75, 3.05) is 26.2 Å². The third-order valence-electron chi connectivity index (χ3n) is 3.84. The van der Waals surface area contributed by atoms with Crippen molar-refractivity contribution in [3.05, 3.63) is 0 Å². The number of carbonyl (C=O) groups is 2. The molecule has 0 aliphatic carbocycles. The first-order valence-corrected chi connectivity index (χ1v) is 7.19. The highest BCUT2D eigenvalue weighted by Crippen LogP contribution is 2.20. The molecule has 6 nitrogen and oxygen atoms in total. The molecule has 0 saturated carbocycles. The van der Waals surface area contributed by atoms with Crippen LogP contribution in [0.2, 0.25) is 0 Å². The zero-order chi connectivity index (χ0) is 15.5. The van der Waals surface area contributed by atoms with Crippen LogP contribution in [0.25, 0.3) is 0 Å². The van der Waals surface area contributed by atoms with Gasteiger partial charge in [0.1, 0.15) is 6.04 Å². The van der Waals surface area contributed by atoms with Crippen molar-refractivity contribution >= 4 is 12.0 Å². The number of carboxylic acid groups (broad SMARTS) is 1. The summed E-state index contributed by atoms with van der Waals surface area (Å²) in [7, 11) is 0. The van der Waals surface area contributed by atoms with E-state index in [0.717, 1.165) is 13.1 Å².